The fourth-order valence-electron chi connectivity index (χ4n) is 0.994. The van der Waals surface area contributed by atoms with E-state index in [0.717, 1.165) is 9.84 Å². The molecule has 0 aromatic carbocycles. The van der Waals surface area contributed by atoms with Gasteiger partial charge in [0.05, 0.1) is 0 Å². The Morgan fingerprint density at radius 1 is 1.55 bits per heavy atom. The first-order valence-corrected chi connectivity index (χ1v) is 5.00. The molecule has 0 spiro atoms. The lowest BCUT2D eigenvalue weighted by Crippen LogP contribution is -2.34. The van der Waals surface area contributed by atoms with Crippen LogP contribution in [0.15, 0.2) is 12.3 Å². The largest absolute Gasteiger partial charge is 0.643 e. The minimum Gasteiger partial charge on any atom is -0.343 e. The van der Waals surface area contributed by atoms with Gasteiger partial charge in [-0.25, -0.2) is 0 Å². The first kappa shape index (κ1) is 8.52. The third kappa shape index (κ3) is 2.88. The Morgan fingerprint density at radius 3 is 3.00 bits per heavy atom. The Balaban J connectivity index is 2.28. The van der Waals surface area contributed by atoms with Crippen LogP contribution < -0.4 is 0 Å². The number of nitrogens with zero attached hydrogens (tertiary/aromatic N) is 2. The summed E-state index contributed by atoms with van der Waals surface area (Å²) in [6, 6.07) is 0. The number of unbranched alkanes of at least 4 members (excludes halogenated alkanes) is 1. The Morgan fingerprint density at radius 2 is 2.36 bits per heavy atom. The number of rotatable bonds is 3. The standard InChI is InChI=1S/C8H15N2Si/c1-3-4-7-10-8-5-6-9(2)11-10/h5-6,8H,3-4,7H2,1-2H3/q+1. The van der Waals surface area contributed by atoms with Crippen LogP contribution in [-0.4, -0.2) is 38.5 Å². The second-order valence-corrected chi connectivity index (χ2v) is 4.23. The van der Waals surface area contributed by atoms with Gasteiger partial charge in [-0.15, -0.1) is 0 Å². The van der Waals surface area contributed by atoms with E-state index in [1.54, 1.807) is 0 Å². The van der Waals surface area contributed by atoms with E-state index in [1.165, 1.54) is 19.4 Å². The van der Waals surface area contributed by atoms with E-state index in [1.807, 2.05) is 0 Å². The van der Waals surface area contributed by atoms with Crippen molar-refractivity contribution in [2.75, 3.05) is 13.6 Å². The highest BCUT2D eigenvalue weighted by Gasteiger charge is 2.15. The number of hydrogen-bond donors (Lipinski definition) is 0. The Hall–Kier alpha value is -0.573. The summed E-state index contributed by atoms with van der Waals surface area (Å²) >= 11 is 0. The molecule has 0 atom stereocenters. The summed E-state index contributed by atoms with van der Waals surface area (Å²) in [5.41, 5.74) is 0. The van der Waals surface area contributed by atoms with Crippen LogP contribution in [0, 0.1) is 0 Å². The third-order valence-electron chi connectivity index (χ3n) is 1.61. The van der Waals surface area contributed by atoms with Gasteiger partial charge in [-0.05, 0) is 6.42 Å². The van der Waals surface area contributed by atoms with Crippen molar-refractivity contribution in [1.82, 2.24) is 4.57 Å². The van der Waals surface area contributed by atoms with E-state index in [0.29, 0.717) is 0 Å². The lowest BCUT2D eigenvalue weighted by molar-refractivity contribution is -0.345. The van der Waals surface area contributed by atoms with Crippen LogP contribution in [-0.2, 0) is 0 Å². The summed E-state index contributed by atoms with van der Waals surface area (Å²) in [4.78, 5) is 0. The lowest BCUT2D eigenvalue weighted by atomic mass is 10.3. The van der Waals surface area contributed by atoms with Gasteiger partial charge in [0, 0.05) is 18.8 Å². The minimum absolute atomic E-state index is 0.801. The highest BCUT2D eigenvalue weighted by Crippen LogP contribution is 1.96. The molecule has 0 unspecified atom stereocenters. The molecule has 3 heteroatoms. The Kier molecular flexibility index (Phi) is 3.36. The van der Waals surface area contributed by atoms with E-state index in [-0.39, 0.29) is 0 Å². The van der Waals surface area contributed by atoms with Gasteiger partial charge >= 0.3 is 9.84 Å². The number of hydrogen-bond acceptors (Lipinski definition) is 1. The van der Waals surface area contributed by atoms with Gasteiger partial charge in [0.2, 0.25) is 0 Å². The molecule has 0 fully saturated rings. The summed E-state index contributed by atoms with van der Waals surface area (Å²) < 4.78 is 4.58. The molecule has 0 saturated heterocycles. The van der Waals surface area contributed by atoms with Crippen molar-refractivity contribution in [2.45, 2.75) is 19.8 Å². The molecule has 11 heavy (non-hydrogen) atoms. The smallest absolute Gasteiger partial charge is 0.343 e. The molecule has 0 amide bonds. The summed E-state index contributed by atoms with van der Waals surface area (Å²) in [7, 11) is 2.91. The van der Waals surface area contributed by atoms with Gasteiger partial charge in [-0.3, -0.25) is 4.24 Å². The fourth-order valence-corrected chi connectivity index (χ4v) is 1.96. The van der Waals surface area contributed by atoms with Gasteiger partial charge < -0.3 is 4.57 Å². The summed E-state index contributed by atoms with van der Waals surface area (Å²) in [5, 5.41) is 0. The lowest BCUT2D eigenvalue weighted by Gasteiger charge is -2.15. The van der Waals surface area contributed by atoms with E-state index in [9.17, 15) is 0 Å². The zero-order valence-electron chi connectivity index (χ0n) is 7.25. The van der Waals surface area contributed by atoms with E-state index >= 15 is 0 Å². The van der Waals surface area contributed by atoms with Crippen molar-refractivity contribution in [1.29, 1.82) is 0 Å². The molecule has 1 aliphatic rings. The average Bonchev–Trinajstić information content (AvgIpc) is 2.01. The maximum atomic E-state index is 2.36. The zero-order valence-corrected chi connectivity index (χ0v) is 8.25. The Labute approximate surface area is 71.2 Å². The zero-order chi connectivity index (χ0) is 8.10. The molecule has 2 radical (unpaired) electrons. The monoisotopic (exact) mass is 167 g/mol. The van der Waals surface area contributed by atoms with Gasteiger partial charge in [0.1, 0.15) is 13.3 Å². The second-order valence-electron chi connectivity index (χ2n) is 2.75. The van der Waals surface area contributed by atoms with Gasteiger partial charge in [0.15, 0.2) is 0 Å². The fraction of sp³-hybridized carbons (Fsp3) is 0.625. The van der Waals surface area contributed by atoms with E-state index in [4.69, 9.17) is 0 Å². The van der Waals surface area contributed by atoms with Crippen LogP contribution in [0.4, 0.5) is 0 Å². The quantitative estimate of drug-likeness (QED) is 0.565. The van der Waals surface area contributed by atoms with Crippen molar-refractivity contribution in [3.05, 3.63) is 12.3 Å². The van der Waals surface area contributed by atoms with E-state index < -0.39 is 0 Å². The molecule has 2 nitrogen and oxygen atoms in total. The Bertz CT molecular complexity index is 175. The van der Waals surface area contributed by atoms with Crippen LogP contribution in [0.2, 0.25) is 0 Å². The highest BCUT2D eigenvalue weighted by atomic mass is 28.2. The molecule has 0 aromatic heterocycles. The summed E-state index contributed by atoms with van der Waals surface area (Å²) in [6.45, 7) is 3.43. The molecule has 60 valence electrons. The predicted molar refractivity (Wildman–Crippen MR) is 48.8 cm³/mol. The molecule has 0 N–H and O–H groups in total. The predicted octanol–water partition coefficient (Wildman–Crippen LogP) is 0.863. The van der Waals surface area contributed by atoms with Gasteiger partial charge in [-0.2, -0.15) is 0 Å². The maximum absolute atomic E-state index is 2.36. The van der Waals surface area contributed by atoms with Crippen molar-refractivity contribution in [3.63, 3.8) is 0 Å². The van der Waals surface area contributed by atoms with Crippen LogP contribution in [0.5, 0.6) is 0 Å². The van der Waals surface area contributed by atoms with Gasteiger partial charge in [0.25, 0.3) is 0 Å². The molecule has 1 heterocycles. The summed E-state index contributed by atoms with van der Waals surface area (Å²) in [5.74, 6) is 0. The highest BCUT2D eigenvalue weighted by molar-refractivity contribution is 6.23. The first-order valence-electron chi connectivity index (χ1n) is 4.10. The molecule has 0 saturated carbocycles. The third-order valence-corrected chi connectivity index (χ3v) is 2.71. The van der Waals surface area contributed by atoms with Crippen LogP contribution >= 0.6 is 0 Å². The molecule has 1 rings (SSSR count). The minimum atomic E-state index is 0.801. The van der Waals surface area contributed by atoms with Crippen molar-refractivity contribution >= 4 is 16.1 Å². The molecule has 0 bridgehead atoms. The average molecular weight is 167 g/mol. The normalized spacial score (nSPS) is 16.9. The maximum Gasteiger partial charge on any atom is 0.643 e. The topological polar surface area (TPSA) is 6.25 Å². The molecular weight excluding hydrogens is 152 g/mol. The van der Waals surface area contributed by atoms with Crippen molar-refractivity contribution < 1.29 is 4.24 Å². The second kappa shape index (κ2) is 4.33. The van der Waals surface area contributed by atoms with Crippen LogP contribution in [0.1, 0.15) is 19.8 Å². The molecule has 0 aliphatic carbocycles. The molecular formula is C8H15N2Si+. The molecule has 1 aliphatic heterocycles. The SMILES string of the molecule is CCCCN1C=CC=[N+](C)[Si]1. The summed E-state index contributed by atoms with van der Waals surface area (Å²) in [6.07, 6.45) is 8.97. The number of allylic oxidation sites excluding steroid dienone is 1. The first-order chi connectivity index (χ1) is 5.33. The van der Waals surface area contributed by atoms with Crippen LogP contribution in [0.25, 0.3) is 0 Å². The van der Waals surface area contributed by atoms with Crippen molar-refractivity contribution in [3.8, 4) is 0 Å². The van der Waals surface area contributed by atoms with E-state index in [2.05, 4.69) is 41.3 Å². The van der Waals surface area contributed by atoms with Gasteiger partial charge in [-0.1, -0.05) is 13.3 Å². The van der Waals surface area contributed by atoms with Crippen molar-refractivity contribution in [2.24, 2.45) is 0 Å². The van der Waals surface area contributed by atoms with Crippen LogP contribution in [0.3, 0.4) is 0 Å². The molecule has 0 aromatic rings.